The molecule has 3 aromatic carbocycles. The summed E-state index contributed by atoms with van der Waals surface area (Å²) in [4.78, 5) is 24.4. The lowest BCUT2D eigenvalue weighted by Gasteiger charge is -2.22. The zero-order valence-electron chi connectivity index (χ0n) is 24.9. The van der Waals surface area contributed by atoms with E-state index in [-0.39, 0.29) is 17.6 Å². The van der Waals surface area contributed by atoms with Gasteiger partial charge in [-0.15, -0.1) is 0 Å². The van der Waals surface area contributed by atoms with Crippen molar-refractivity contribution in [3.05, 3.63) is 88.3 Å². The summed E-state index contributed by atoms with van der Waals surface area (Å²) in [5.41, 5.74) is 5.74. The lowest BCUT2D eigenvalue weighted by molar-refractivity contribution is -0.132. The van der Waals surface area contributed by atoms with Crippen LogP contribution in [0.15, 0.2) is 76.8 Å². The number of aromatic nitrogens is 1. The molecule has 224 valence electrons. The molecule has 1 N–H and O–H groups in total. The van der Waals surface area contributed by atoms with Crippen LogP contribution in [0.2, 0.25) is 0 Å². The molecular formula is C33H31N5O5S. The molecule has 4 aromatic rings. The van der Waals surface area contributed by atoms with E-state index < -0.39 is 5.97 Å². The zero-order chi connectivity index (χ0) is 31.0. The van der Waals surface area contributed by atoms with Crippen LogP contribution in [0.25, 0.3) is 11.6 Å². The van der Waals surface area contributed by atoms with E-state index >= 15 is 0 Å². The molecule has 1 unspecified atom stereocenters. The predicted molar refractivity (Wildman–Crippen MR) is 174 cm³/mol. The Balaban J connectivity index is 1.43. The van der Waals surface area contributed by atoms with Crippen LogP contribution in [0.1, 0.15) is 34.0 Å². The highest BCUT2D eigenvalue weighted by atomic mass is 32.1. The number of hydrazone groups is 1. The van der Waals surface area contributed by atoms with Gasteiger partial charge in [0.05, 0.1) is 49.2 Å². The molecule has 1 atom stereocenters. The van der Waals surface area contributed by atoms with E-state index in [1.165, 1.54) is 25.6 Å². The maximum Gasteiger partial charge on any atom is 0.357 e. The molecular weight excluding hydrogens is 578 g/mol. The number of fused-ring (bicyclic) bond motifs is 1. The number of hydrogen-bond donors (Lipinski definition) is 1. The van der Waals surface area contributed by atoms with Crippen molar-refractivity contribution in [2.24, 2.45) is 10.1 Å². The van der Waals surface area contributed by atoms with E-state index in [2.05, 4.69) is 39.1 Å². The molecule has 0 saturated heterocycles. The van der Waals surface area contributed by atoms with Gasteiger partial charge in [-0.1, -0.05) is 53.8 Å². The smallest absolute Gasteiger partial charge is 0.357 e. The molecule has 0 bridgehead atoms. The molecule has 0 radical (unpaired) electrons. The number of hydrogen-bond acceptors (Lipinski definition) is 11. The van der Waals surface area contributed by atoms with Gasteiger partial charge in [-0.3, -0.25) is 0 Å². The van der Waals surface area contributed by atoms with Gasteiger partial charge < -0.3 is 24.2 Å². The Hall–Kier alpha value is -5.16. The van der Waals surface area contributed by atoms with Gasteiger partial charge in [0.1, 0.15) is 11.5 Å². The number of aliphatic imine (C=N–C) groups is 1. The Morgan fingerprint density at radius 3 is 2.45 bits per heavy atom. The third kappa shape index (κ3) is 5.26. The summed E-state index contributed by atoms with van der Waals surface area (Å²) < 4.78 is 16.1. The van der Waals surface area contributed by atoms with Crippen LogP contribution < -0.4 is 19.4 Å². The summed E-state index contributed by atoms with van der Waals surface area (Å²) in [5, 5.41) is 18.5. The molecule has 3 heterocycles. The quantitative estimate of drug-likeness (QED) is 0.239. The lowest BCUT2D eigenvalue weighted by Crippen LogP contribution is -2.18. The Kier molecular flexibility index (Phi) is 7.79. The van der Waals surface area contributed by atoms with Crippen molar-refractivity contribution in [1.82, 2.24) is 4.98 Å². The second-order valence-corrected chi connectivity index (χ2v) is 11.4. The van der Waals surface area contributed by atoms with Gasteiger partial charge in [-0.2, -0.15) is 10.1 Å². The molecule has 0 amide bonds. The SMILES string of the molecule is COC(=O)C1=Nc2cc(OC)cc(OC)c2/C1=C\c1sc(N2N=C(c3ccccc3)CC2c2ccc(N(C)C)cc2)nc1O. The molecule has 0 fully saturated rings. The van der Waals surface area contributed by atoms with Crippen LogP contribution in [0.4, 0.5) is 16.5 Å². The minimum absolute atomic E-state index is 0.0906. The van der Waals surface area contributed by atoms with Gasteiger partial charge in [-0.05, 0) is 29.3 Å². The van der Waals surface area contributed by atoms with Gasteiger partial charge in [0.2, 0.25) is 11.0 Å². The number of benzene rings is 3. The number of ether oxygens (including phenoxy) is 3. The first kappa shape index (κ1) is 28.9. The molecule has 11 heteroatoms. The van der Waals surface area contributed by atoms with E-state index in [0.717, 1.165) is 22.5 Å². The first-order valence-corrected chi connectivity index (χ1v) is 14.7. The molecule has 6 rings (SSSR count). The lowest BCUT2D eigenvalue weighted by atomic mass is 9.98. The van der Waals surface area contributed by atoms with Crippen LogP contribution in [-0.4, -0.2) is 62.9 Å². The average molecular weight is 610 g/mol. The van der Waals surface area contributed by atoms with Gasteiger partial charge in [0.25, 0.3) is 0 Å². The summed E-state index contributed by atoms with van der Waals surface area (Å²) in [5.74, 6) is 0.196. The standard InChI is InChI=1S/C33H31N5O5S/c1-37(2)21-13-11-20(12-14-21)26-18-24(19-9-7-6-8-10-19)36-38(26)33-35-31(39)28(44-33)17-23-29-25(34-30(23)32(40)43-5)15-22(41-3)16-27(29)42-4/h6-17,26,39H,18H2,1-5H3/b23-17+. The summed E-state index contributed by atoms with van der Waals surface area (Å²) >= 11 is 1.26. The highest BCUT2D eigenvalue weighted by molar-refractivity contribution is 7.16. The number of methoxy groups -OCH3 is 3. The number of esters is 1. The fourth-order valence-electron chi connectivity index (χ4n) is 5.29. The summed E-state index contributed by atoms with van der Waals surface area (Å²) in [6, 6.07) is 21.7. The molecule has 0 spiro atoms. The minimum Gasteiger partial charge on any atom is -0.497 e. The second kappa shape index (κ2) is 11.8. The first-order valence-electron chi connectivity index (χ1n) is 13.9. The fraction of sp³-hybridized carbons (Fsp3) is 0.212. The van der Waals surface area contributed by atoms with Crippen LogP contribution >= 0.6 is 11.3 Å². The second-order valence-electron chi connectivity index (χ2n) is 10.4. The van der Waals surface area contributed by atoms with Crippen molar-refractivity contribution in [2.45, 2.75) is 12.5 Å². The van der Waals surface area contributed by atoms with Crippen molar-refractivity contribution in [1.29, 1.82) is 0 Å². The number of anilines is 2. The monoisotopic (exact) mass is 609 g/mol. The van der Waals surface area contributed by atoms with Crippen LogP contribution in [0.5, 0.6) is 17.4 Å². The Labute approximate surface area is 259 Å². The van der Waals surface area contributed by atoms with Crippen molar-refractivity contribution < 1.29 is 24.1 Å². The van der Waals surface area contributed by atoms with Crippen molar-refractivity contribution in [3.8, 4) is 17.4 Å². The van der Waals surface area contributed by atoms with Gasteiger partial charge in [-0.25, -0.2) is 14.8 Å². The number of rotatable bonds is 8. The normalized spacial score (nSPS) is 16.4. The highest BCUT2D eigenvalue weighted by Gasteiger charge is 2.34. The van der Waals surface area contributed by atoms with Gasteiger partial charge >= 0.3 is 5.97 Å². The molecule has 0 aliphatic carbocycles. The molecule has 2 aliphatic heterocycles. The van der Waals surface area contributed by atoms with E-state index in [9.17, 15) is 9.90 Å². The minimum atomic E-state index is -0.615. The Bertz CT molecular complexity index is 1810. The average Bonchev–Trinajstić information content (AvgIpc) is 3.76. The number of carbonyl (C=O) groups excluding carboxylic acids is 1. The predicted octanol–water partition coefficient (Wildman–Crippen LogP) is 6.09. The Morgan fingerprint density at radius 1 is 1.05 bits per heavy atom. The summed E-state index contributed by atoms with van der Waals surface area (Å²) in [6.07, 6.45) is 2.35. The maximum atomic E-state index is 12.8. The van der Waals surface area contributed by atoms with Crippen LogP contribution in [0, 0.1) is 0 Å². The zero-order valence-corrected chi connectivity index (χ0v) is 25.8. The molecule has 0 saturated carbocycles. The molecule has 44 heavy (non-hydrogen) atoms. The van der Waals surface area contributed by atoms with E-state index in [1.807, 2.05) is 49.4 Å². The fourth-order valence-corrected chi connectivity index (χ4v) is 6.19. The number of thiazole rings is 1. The van der Waals surface area contributed by atoms with Crippen LogP contribution in [0.3, 0.4) is 0 Å². The van der Waals surface area contributed by atoms with Crippen molar-refractivity contribution >= 4 is 56.9 Å². The van der Waals surface area contributed by atoms with Gasteiger partial charge in [0.15, 0.2) is 5.71 Å². The first-order chi connectivity index (χ1) is 21.3. The van der Waals surface area contributed by atoms with Crippen molar-refractivity contribution in [2.75, 3.05) is 45.3 Å². The largest absolute Gasteiger partial charge is 0.497 e. The molecule has 2 aliphatic rings. The van der Waals surface area contributed by atoms with E-state index in [4.69, 9.17) is 19.3 Å². The summed E-state index contributed by atoms with van der Waals surface area (Å²) in [7, 11) is 8.39. The maximum absolute atomic E-state index is 12.8. The number of aromatic hydroxyl groups is 1. The summed E-state index contributed by atoms with van der Waals surface area (Å²) in [6.45, 7) is 0. The van der Waals surface area contributed by atoms with Crippen molar-refractivity contribution in [3.63, 3.8) is 0 Å². The molecule has 10 nitrogen and oxygen atoms in total. The highest BCUT2D eigenvalue weighted by Crippen LogP contribution is 2.47. The Morgan fingerprint density at radius 2 is 1.80 bits per heavy atom. The van der Waals surface area contributed by atoms with E-state index in [0.29, 0.717) is 44.8 Å². The van der Waals surface area contributed by atoms with E-state index in [1.54, 1.807) is 25.3 Å². The van der Waals surface area contributed by atoms with Crippen LogP contribution in [-0.2, 0) is 9.53 Å². The number of carbonyl (C=O) groups is 1. The molecule has 1 aromatic heterocycles. The number of nitrogens with zero attached hydrogens (tertiary/aromatic N) is 5. The van der Waals surface area contributed by atoms with Gasteiger partial charge in [0, 0.05) is 43.9 Å². The third-order valence-corrected chi connectivity index (χ3v) is 8.53. The topological polar surface area (TPSA) is 109 Å². The third-order valence-electron chi connectivity index (χ3n) is 7.55.